The molecule has 2 N–H and O–H groups in total. The van der Waals surface area contributed by atoms with Crippen LogP contribution in [0.1, 0.15) is 5.56 Å². The molecule has 1 aliphatic heterocycles. The number of carbonyl (C=O) groups excluding carboxylic acids is 1. The Hall–Kier alpha value is -3.38. The fraction of sp³-hybridized carbons (Fsp3) is 0.167. The van der Waals surface area contributed by atoms with E-state index in [9.17, 15) is 4.79 Å². The number of aromatic nitrogens is 1. The van der Waals surface area contributed by atoms with Crippen molar-refractivity contribution in [2.45, 2.75) is 6.92 Å². The predicted molar refractivity (Wildman–Crippen MR) is 125 cm³/mol. The summed E-state index contributed by atoms with van der Waals surface area (Å²) < 4.78 is 1.20. The van der Waals surface area contributed by atoms with E-state index < -0.39 is 0 Å². The van der Waals surface area contributed by atoms with Gasteiger partial charge in [-0.2, -0.15) is 0 Å². The number of benzene rings is 3. The number of hydrogen-bond donors (Lipinski definition) is 2. The third kappa shape index (κ3) is 3.86. The molecule has 4 aromatic rings. The minimum Gasteiger partial charge on any atom is -0.356 e. The molecule has 1 amide bonds. The van der Waals surface area contributed by atoms with Crippen molar-refractivity contribution >= 4 is 49.7 Å². The Morgan fingerprint density at radius 2 is 1.67 bits per heavy atom. The van der Waals surface area contributed by atoms with Crippen LogP contribution in [0, 0.1) is 12.8 Å². The molecule has 5 rings (SSSR count). The van der Waals surface area contributed by atoms with Crippen LogP contribution in [0.15, 0.2) is 72.8 Å². The molecule has 1 fully saturated rings. The Morgan fingerprint density at radius 1 is 0.967 bits per heavy atom. The molecule has 0 bridgehead atoms. The van der Waals surface area contributed by atoms with Gasteiger partial charge in [0.2, 0.25) is 5.91 Å². The molecule has 3 aromatic carbocycles. The van der Waals surface area contributed by atoms with Crippen molar-refractivity contribution in [3.63, 3.8) is 0 Å². The highest BCUT2D eigenvalue weighted by atomic mass is 32.1. The molecule has 6 heteroatoms. The summed E-state index contributed by atoms with van der Waals surface area (Å²) in [6.45, 7) is 3.50. The molecule has 30 heavy (non-hydrogen) atoms. The molecule has 0 unspecified atom stereocenters. The lowest BCUT2D eigenvalue weighted by Gasteiger charge is -2.37. The zero-order valence-electron chi connectivity index (χ0n) is 16.6. The number of para-hydroxylation sites is 1. The van der Waals surface area contributed by atoms with E-state index in [2.05, 4.69) is 40.7 Å². The molecule has 1 aliphatic rings. The fourth-order valence-corrected chi connectivity index (χ4v) is 4.61. The van der Waals surface area contributed by atoms with Crippen molar-refractivity contribution in [3.05, 3.63) is 78.4 Å². The van der Waals surface area contributed by atoms with Crippen molar-refractivity contribution in [1.29, 1.82) is 0 Å². The lowest BCUT2D eigenvalue weighted by atomic mass is 10.00. The average Bonchev–Trinajstić information content (AvgIpc) is 3.11. The number of aryl methyl sites for hydroxylation is 1. The van der Waals surface area contributed by atoms with Crippen LogP contribution in [0.3, 0.4) is 0 Å². The van der Waals surface area contributed by atoms with Crippen LogP contribution < -0.4 is 15.5 Å². The Morgan fingerprint density at radius 3 is 2.43 bits per heavy atom. The van der Waals surface area contributed by atoms with Gasteiger partial charge in [-0.05, 0) is 61.0 Å². The highest BCUT2D eigenvalue weighted by molar-refractivity contribution is 7.22. The van der Waals surface area contributed by atoms with Gasteiger partial charge in [-0.3, -0.25) is 4.79 Å². The van der Waals surface area contributed by atoms with E-state index in [4.69, 9.17) is 4.98 Å². The fourth-order valence-electron chi connectivity index (χ4n) is 3.52. The monoisotopic (exact) mass is 414 g/mol. The summed E-state index contributed by atoms with van der Waals surface area (Å²) in [6, 6.07) is 24.1. The molecule has 1 saturated heterocycles. The van der Waals surface area contributed by atoms with Crippen LogP contribution in [-0.2, 0) is 4.79 Å². The minimum atomic E-state index is -0.0131. The maximum absolute atomic E-state index is 12.6. The van der Waals surface area contributed by atoms with E-state index in [0.717, 1.165) is 27.7 Å². The first kappa shape index (κ1) is 18.6. The predicted octanol–water partition coefficient (Wildman–Crippen LogP) is 5.42. The smallest absolute Gasteiger partial charge is 0.231 e. The molecule has 0 atom stereocenters. The first-order valence-electron chi connectivity index (χ1n) is 9.99. The van der Waals surface area contributed by atoms with E-state index in [1.54, 1.807) is 11.3 Å². The van der Waals surface area contributed by atoms with Gasteiger partial charge in [0.05, 0.1) is 16.1 Å². The highest BCUT2D eigenvalue weighted by Crippen LogP contribution is 2.33. The highest BCUT2D eigenvalue weighted by Gasteiger charge is 2.34. The quantitative estimate of drug-likeness (QED) is 0.458. The van der Waals surface area contributed by atoms with E-state index in [1.165, 1.54) is 10.3 Å². The normalized spacial score (nSPS) is 13.8. The molecular weight excluding hydrogens is 392 g/mol. The minimum absolute atomic E-state index is 0.0131. The Labute approximate surface area is 179 Å². The zero-order valence-corrected chi connectivity index (χ0v) is 17.4. The first-order chi connectivity index (χ1) is 14.6. The topological polar surface area (TPSA) is 57.3 Å². The number of nitrogens with one attached hydrogen (secondary N) is 2. The van der Waals surface area contributed by atoms with E-state index in [-0.39, 0.29) is 11.8 Å². The molecule has 5 nitrogen and oxygen atoms in total. The number of rotatable bonds is 5. The van der Waals surface area contributed by atoms with Crippen molar-refractivity contribution in [2.75, 3.05) is 28.6 Å². The van der Waals surface area contributed by atoms with Gasteiger partial charge in [0.1, 0.15) is 0 Å². The summed E-state index contributed by atoms with van der Waals surface area (Å²) in [7, 11) is 0. The number of thiazole rings is 1. The van der Waals surface area contributed by atoms with Gasteiger partial charge in [0, 0.05) is 30.2 Å². The SMILES string of the molecule is Cc1ccc2nc(N3CC(C(=O)Nc4ccc(Nc5ccccc5)cc4)C3)sc2c1. The van der Waals surface area contributed by atoms with Crippen molar-refractivity contribution in [2.24, 2.45) is 5.92 Å². The lowest BCUT2D eigenvalue weighted by Crippen LogP contribution is -2.52. The van der Waals surface area contributed by atoms with Gasteiger partial charge in [-0.25, -0.2) is 4.98 Å². The third-order valence-electron chi connectivity index (χ3n) is 5.27. The molecule has 0 spiro atoms. The summed E-state index contributed by atoms with van der Waals surface area (Å²) in [5.74, 6) is 0.0489. The molecule has 150 valence electrons. The number of carbonyl (C=O) groups is 1. The second kappa shape index (κ2) is 7.80. The number of fused-ring (bicyclic) bond motifs is 1. The number of amides is 1. The average molecular weight is 415 g/mol. The second-order valence-corrected chi connectivity index (χ2v) is 8.64. The van der Waals surface area contributed by atoms with E-state index in [1.807, 2.05) is 54.6 Å². The number of nitrogens with zero attached hydrogens (tertiary/aromatic N) is 2. The molecule has 0 radical (unpaired) electrons. The van der Waals surface area contributed by atoms with Crippen molar-refractivity contribution < 1.29 is 4.79 Å². The van der Waals surface area contributed by atoms with Crippen LogP contribution in [-0.4, -0.2) is 24.0 Å². The Bertz CT molecular complexity index is 1180. The lowest BCUT2D eigenvalue weighted by molar-refractivity contribution is -0.120. The summed E-state index contributed by atoms with van der Waals surface area (Å²) >= 11 is 1.69. The maximum atomic E-state index is 12.6. The Balaban J connectivity index is 1.16. The van der Waals surface area contributed by atoms with Gasteiger partial charge in [-0.1, -0.05) is 35.6 Å². The van der Waals surface area contributed by atoms with E-state index >= 15 is 0 Å². The summed E-state index contributed by atoms with van der Waals surface area (Å²) in [4.78, 5) is 19.5. The Kier molecular flexibility index (Phi) is 4.85. The standard InChI is InChI=1S/C24H22N4OS/c1-16-7-12-21-22(13-16)30-24(27-21)28-14-17(15-28)23(29)26-20-10-8-19(9-11-20)25-18-5-3-2-4-6-18/h2-13,17,25H,14-15H2,1H3,(H,26,29). The largest absolute Gasteiger partial charge is 0.356 e. The van der Waals surface area contributed by atoms with Crippen molar-refractivity contribution in [3.8, 4) is 0 Å². The van der Waals surface area contributed by atoms with Crippen LogP contribution in [0.5, 0.6) is 0 Å². The van der Waals surface area contributed by atoms with Gasteiger partial charge < -0.3 is 15.5 Å². The van der Waals surface area contributed by atoms with Crippen LogP contribution >= 0.6 is 11.3 Å². The van der Waals surface area contributed by atoms with E-state index in [0.29, 0.717) is 13.1 Å². The van der Waals surface area contributed by atoms with Gasteiger partial charge in [0.25, 0.3) is 0 Å². The summed E-state index contributed by atoms with van der Waals surface area (Å²) in [5, 5.41) is 7.37. The summed E-state index contributed by atoms with van der Waals surface area (Å²) in [5.41, 5.74) is 5.10. The molecular formula is C24H22N4OS. The maximum Gasteiger partial charge on any atom is 0.231 e. The second-order valence-electron chi connectivity index (χ2n) is 7.63. The zero-order chi connectivity index (χ0) is 20.5. The summed E-state index contributed by atoms with van der Waals surface area (Å²) in [6.07, 6.45) is 0. The molecule has 0 saturated carbocycles. The third-order valence-corrected chi connectivity index (χ3v) is 6.35. The van der Waals surface area contributed by atoms with Gasteiger partial charge in [-0.15, -0.1) is 0 Å². The van der Waals surface area contributed by atoms with Crippen molar-refractivity contribution in [1.82, 2.24) is 4.98 Å². The molecule has 1 aromatic heterocycles. The van der Waals surface area contributed by atoms with Crippen LogP contribution in [0.25, 0.3) is 10.2 Å². The van der Waals surface area contributed by atoms with Gasteiger partial charge in [0.15, 0.2) is 5.13 Å². The number of hydrogen-bond acceptors (Lipinski definition) is 5. The molecule has 2 heterocycles. The van der Waals surface area contributed by atoms with Gasteiger partial charge >= 0.3 is 0 Å². The first-order valence-corrected chi connectivity index (χ1v) is 10.8. The van der Waals surface area contributed by atoms with Crippen LogP contribution in [0.4, 0.5) is 22.2 Å². The number of anilines is 4. The van der Waals surface area contributed by atoms with Crippen LogP contribution in [0.2, 0.25) is 0 Å². The molecule has 0 aliphatic carbocycles.